The van der Waals surface area contributed by atoms with Crippen LogP contribution < -0.4 is 4.90 Å². The molecule has 0 spiro atoms. The standard InChI is InChI=1S/C17H19NO3S/c1-14-6-8-16(9-7-14)22(19,20)21-13-12-18-11-10-15-4-2-3-5-17(15)18/h2-9H,10-13H2,1H3. The van der Waals surface area contributed by atoms with Crippen LogP contribution in [0.2, 0.25) is 0 Å². The van der Waals surface area contributed by atoms with Gasteiger partial charge < -0.3 is 4.90 Å². The van der Waals surface area contributed by atoms with Gasteiger partial charge in [-0.3, -0.25) is 4.18 Å². The monoisotopic (exact) mass is 317 g/mol. The van der Waals surface area contributed by atoms with E-state index in [-0.39, 0.29) is 11.5 Å². The Labute approximate surface area is 131 Å². The maximum Gasteiger partial charge on any atom is 0.297 e. The van der Waals surface area contributed by atoms with Gasteiger partial charge >= 0.3 is 0 Å². The molecule has 5 heteroatoms. The molecule has 1 aliphatic heterocycles. The lowest BCUT2D eigenvalue weighted by Gasteiger charge is -2.19. The van der Waals surface area contributed by atoms with Gasteiger partial charge in [0.25, 0.3) is 10.1 Å². The molecule has 0 unspecified atom stereocenters. The molecule has 0 bridgehead atoms. The number of para-hydroxylation sites is 1. The summed E-state index contributed by atoms with van der Waals surface area (Å²) >= 11 is 0. The first-order chi connectivity index (χ1) is 10.6. The van der Waals surface area contributed by atoms with Gasteiger partial charge in [0.15, 0.2) is 0 Å². The van der Waals surface area contributed by atoms with Crippen LogP contribution in [0, 0.1) is 6.92 Å². The lowest BCUT2D eigenvalue weighted by molar-refractivity contribution is 0.324. The summed E-state index contributed by atoms with van der Waals surface area (Å²) in [5.41, 5.74) is 3.51. The summed E-state index contributed by atoms with van der Waals surface area (Å²) in [4.78, 5) is 2.37. The van der Waals surface area contributed by atoms with Crippen molar-refractivity contribution in [3.8, 4) is 0 Å². The molecule has 0 N–H and O–H groups in total. The first kappa shape index (κ1) is 15.1. The molecule has 0 radical (unpaired) electrons. The lowest BCUT2D eigenvalue weighted by Crippen LogP contribution is -2.26. The fourth-order valence-corrected chi connectivity index (χ4v) is 3.57. The largest absolute Gasteiger partial charge is 0.369 e. The van der Waals surface area contributed by atoms with Crippen molar-refractivity contribution in [2.75, 3.05) is 24.6 Å². The Kier molecular flexibility index (Phi) is 4.18. The Hall–Kier alpha value is -1.85. The van der Waals surface area contributed by atoms with E-state index in [1.807, 2.05) is 19.1 Å². The van der Waals surface area contributed by atoms with Gasteiger partial charge in [0.05, 0.1) is 11.5 Å². The third-order valence-corrected chi connectivity index (χ3v) is 5.22. The van der Waals surface area contributed by atoms with E-state index >= 15 is 0 Å². The molecule has 2 aromatic rings. The number of benzene rings is 2. The predicted octanol–water partition coefficient (Wildman–Crippen LogP) is 2.76. The van der Waals surface area contributed by atoms with Crippen molar-refractivity contribution in [1.82, 2.24) is 0 Å². The van der Waals surface area contributed by atoms with Gasteiger partial charge in [0.2, 0.25) is 0 Å². The van der Waals surface area contributed by atoms with Crippen molar-refractivity contribution < 1.29 is 12.6 Å². The first-order valence-corrected chi connectivity index (χ1v) is 8.76. The molecule has 0 fully saturated rings. The van der Waals surface area contributed by atoms with Gasteiger partial charge in [0.1, 0.15) is 0 Å². The zero-order valence-electron chi connectivity index (χ0n) is 12.5. The highest BCUT2D eigenvalue weighted by Crippen LogP contribution is 2.27. The molecule has 1 heterocycles. The van der Waals surface area contributed by atoms with Gasteiger partial charge in [-0.1, -0.05) is 35.9 Å². The Balaban J connectivity index is 1.60. The molecule has 22 heavy (non-hydrogen) atoms. The minimum Gasteiger partial charge on any atom is -0.369 e. The third kappa shape index (κ3) is 3.15. The van der Waals surface area contributed by atoms with Crippen LogP contribution in [0.25, 0.3) is 0 Å². The van der Waals surface area contributed by atoms with E-state index in [0.29, 0.717) is 6.54 Å². The topological polar surface area (TPSA) is 46.6 Å². The lowest BCUT2D eigenvalue weighted by atomic mass is 10.2. The molecule has 0 saturated heterocycles. The zero-order chi connectivity index (χ0) is 15.6. The normalized spacial score (nSPS) is 14.1. The minimum atomic E-state index is -3.67. The average Bonchev–Trinajstić information content (AvgIpc) is 2.91. The Morgan fingerprint density at radius 3 is 2.59 bits per heavy atom. The van der Waals surface area contributed by atoms with Crippen LogP contribution in [0.4, 0.5) is 5.69 Å². The van der Waals surface area contributed by atoms with Crippen molar-refractivity contribution in [3.05, 3.63) is 59.7 Å². The summed E-state index contributed by atoms with van der Waals surface area (Å²) in [7, 11) is -3.67. The molecular formula is C17H19NO3S. The number of hydrogen-bond acceptors (Lipinski definition) is 4. The SMILES string of the molecule is Cc1ccc(S(=O)(=O)OCCN2CCc3ccccc32)cc1. The molecule has 0 amide bonds. The van der Waals surface area contributed by atoms with Gasteiger partial charge in [-0.15, -0.1) is 0 Å². The quantitative estimate of drug-likeness (QED) is 0.796. The Morgan fingerprint density at radius 2 is 1.82 bits per heavy atom. The van der Waals surface area contributed by atoms with Crippen LogP contribution in [0.5, 0.6) is 0 Å². The predicted molar refractivity (Wildman–Crippen MR) is 86.7 cm³/mol. The number of rotatable bonds is 5. The smallest absolute Gasteiger partial charge is 0.297 e. The fourth-order valence-electron chi connectivity index (χ4n) is 2.67. The maximum atomic E-state index is 12.1. The second-order valence-corrected chi connectivity index (χ2v) is 7.07. The number of nitrogens with zero attached hydrogens (tertiary/aromatic N) is 1. The number of fused-ring (bicyclic) bond motifs is 1. The molecule has 0 saturated carbocycles. The summed E-state index contributed by atoms with van der Waals surface area (Å²) in [6, 6.07) is 14.9. The van der Waals surface area contributed by atoms with E-state index in [1.54, 1.807) is 24.3 Å². The van der Waals surface area contributed by atoms with Gasteiger partial charge in [-0.2, -0.15) is 8.42 Å². The van der Waals surface area contributed by atoms with Crippen LogP contribution in [-0.4, -0.2) is 28.1 Å². The highest BCUT2D eigenvalue weighted by molar-refractivity contribution is 7.86. The molecule has 0 aliphatic carbocycles. The Bertz CT molecular complexity index is 754. The number of hydrogen-bond donors (Lipinski definition) is 0. The summed E-state index contributed by atoms with van der Waals surface area (Å²) in [6.07, 6.45) is 1.00. The van der Waals surface area contributed by atoms with E-state index in [9.17, 15) is 8.42 Å². The molecule has 2 aromatic carbocycles. The van der Waals surface area contributed by atoms with Crippen LogP contribution in [0.15, 0.2) is 53.4 Å². The first-order valence-electron chi connectivity index (χ1n) is 7.35. The molecule has 1 aliphatic rings. The van der Waals surface area contributed by atoms with Crippen LogP contribution in [-0.2, 0) is 20.7 Å². The minimum absolute atomic E-state index is 0.157. The highest BCUT2D eigenvalue weighted by atomic mass is 32.2. The van der Waals surface area contributed by atoms with Crippen molar-refractivity contribution in [2.45, 2.75) is 18.2 Å². The average molecular weight is 317 g/mol. The van der Waals surface area contributed by atoms with E-state index in [1.165, 1.54) is 11.3 Å². The Morgan fingerprint density at radius 1 is 1.09 bits per heavy atom. The molecule has 4 nitrogen and oxygen atoms in total. The molecular weight excluding hydrogens is 298 g/mol. The van der Waals surface area contributed by atoms with Gasteiger partial charge in [-0.25, -0.2) is 0 Å². The van der Waals surface area contributed by atoms with E-state index < -0.39 is 10.1 Å². The highest BCUT2D eigenvalue weighted by Gasteiger charge is 2.20. The molecule has 116 valence electrons. The van der Waals surface area contributed by atoms with E-state index in [4.69, 9.17) is 4.18 Å². The molecule has 0 atom stereocenters. The third-order valence-electron chi connectivity index (χ3n) is 3.89. The van der Waals surface area contributed by atoms with Crippen molar-refractivity contribution in [3.63, 3.8) is 0 Å². The van der Waals surface area contributed by atoms with Gasteiger partial charge in [0, 0.05) is 18.8 Å². The summed E-state index contributed by atoms with van der Waals surface area (Å²) in [6.45, 7) is 3.56. The van der Waals surface area contributed by atoms with E-state index in [0.717, 1.165) is 18.5 Å². The molecule has 0 aromatic heterocycles. The van der Waals surface area contributed by atoms with Crippen LogP contribution in [0.3, 0.4) is 0 Å². The van der Waals surface area contributed by atoms with E-state index in [2.05, 4.69) is 17.0 Å². The summed E-state index contributed by atoms with van der Waals surface area (Å²) in [5.74, 6) is 0. The van der Waals surface area contributed by atoms with Crippen molar-refractivity contribution in [2.24, 2.45) is 0 Å². The maximum absolute atomic E-state index is 12.1. The zero-order valence-corrected chi connectivity index (χ0v) is 13.3. The second kappa shape index (κ2) is 6.10. The van der Waals surface area contributed by atoms with Crippen LogP contribution in [0.1, 0.15) is 11.1 Å². The summed E-state index contributed by atoms with van der Waals surface area (Å²) < 4.78 is 29.4. The van der Waals surface area contributed by atoms with Crippen molar-refractivity contribution >= 4 is 15.8 Å². The van der Waals surface area contributed by atoms with Crippen molar-refractivity contribution in [1.29, 1.82) is 0 Å². The molecule has 3 rings (SSSR count). The second-order valence-electron chi connectivity index (χ2n) is 5.45. The summed E-state index contributed by atoms with van der Waals surface area (Å²) in [5, 5.41) is 0. The van der Waals surface area contributed by atoms with Crippen LogP contribution >= 0.6 is 0 Å². The number of anilines is 1. The fraction of sp³-hybridized carbons (Fsp3) is 0.294. The number of aryl methyl sites for hydroxylation is 1. The van der Waals surface area contributed by atoms with Gasteiger partial charge in [-0.05, 0) is 37.1 Å².